The molecule has 1 heterocycles. The molecule has 0 radical (unpaired) electrons. The molecule has 1 aliphatic rings. The number of halogens is 1. The topological polar surface area (TPSA) is 48.9 Å². The number of nitrogens with one attached hydrogen (secondary N) is 2. The summed E-state index contributed by atoms with van der Waals surface area (Å²) in [5, 5.41) is 6.67. The monoisotopic (exact) mass is 416 g/mol. The van der Waals surface area contributed by atoms with Gasteiger partial charge in [-0.2, -0.15) is 11.8 Å². The van der Waals surface area contributed by atoms with Crippen molar-refractivity contribution in [2.45, 2.75) is 18.8 Å². The Bertz CT molecular complexity index is 807. The van der Waals surface area contributed by atoms with Gasteiger partial charge in [-0.15, -0.1) is 0 Å². The molecule has 7 heteroatoms. The van der Waals surface area contributed by atoms with Crippen LogP contribution >= 0.6 is 11.8 Å². The number of guanidine groups is 1. The van der Waals surface area contributed by atoms with Gasteiger partial charge in [-0.25, -0.2) is 4.39 Å². The Morgan fingerprint density at radius 1 is 1.07 bits per heavy atom. The van der Waals surface area contributed by atoms with Crippen LogP contribution in [0.2, 0.25) is 0 Å². The molecule has 0 spiro atoms. The summed E-state index contributed by atoms with van der Waals surface area (Å²) in [5.41, 5.74) is 4.52. The second-order valence-electron chi connectivity index (χ2n) is 6.89. The van der Waals surface area contributed by atoms with E-state index in [0.29, 0.717) is 13.1 Å². The number of hydrogen-bond acceptors (Lipinski definition) is 4. The zero-order chi connectivity index (χ0) is 20.5. The molecule has 1 fully saturated rings. The first-order valence-electron chi connectivity index (χ1n) is 9.82. The lowest BCUT2D eigenvalue weighted by Gasteiger charge is -2.28. The number of morpholine rings is 1. The average Bonchev–Trinajstić information content (AvgIpc) is 2.76. The van der Waals surface area contributed by atoms with Crippen LogP contribution in [0.1, 0.15) is 16.7 Å². The molecule has 0 amide bonds. The molecule has 0 saturated carbocycles. The fraction of sp³-hybridized carbons (Fsp3) is 0.409. The molecular weight excluding hydrogens is 387 g/mol. The highest BCUT2D eigenvalue weighted by molar-refractivity contribution is 7.97. The molecule has 0 atom stereocenters. The van der Waals surface area contributed by atoms with Crippen molar-refractivity contribution in [3.05, 3.63) is 65.0 Å². The lowest BCUT2D eigenvalue weighted by Crippen LogP contribution is -2.37. The fourth-order valence-corrected chi connectivity index (χ4v) is 3.87. The van der Waals surface area contributed by atoms with Crippen LogP contribution < -0.4 is 15.5 Å². The molecule has 1 saturated heterocycles. The predicted molar refractivity (Wildman–Crippen MR) is 120 cm³/mol. The Morgan fingerprint density at radius 3 is 2.48 bits per heavy atom. The van der Waals surface area contributed by atoms with Crippen LogP contribution in [0.5, 0.6) is 0 Å². The predicted octanol–water partition coefficient (Wildman–Crippen LogP) is 3.39. The van der Waals surface area contributed by atoms with Crippen molar-refractivity contribution < 1.29 is 9.13 Å². The van der Waals surface area contributed by atoms with Crippen molar-refractivity contribution in [3.63, 3.8) is 0 Å². The first-order chi connectivity index (χ1) is 14.2. The zero-order valence-electron chi connectivity index (χ0n) is 17.1. The van der Waals surface area contributed by atoms with Gasteiger partial charge in [-0.1, -0.05) is 18.2 Å². The highest BCUT2D eigenvalue weighted by Crippen LogP contribution is 2.17. The van der Waals surface area contributed by atoms with Crippen molar-refractivity contribution in [1.82, 2.24) is 10.6 Å². The molecule has 0 bridgehead atoms. The summed E-state index contributed by atoms with van der Waals surface area (Å²) in [5.74, 6) is 1.32. The summed E-state index contributed by atoms with van der Waals surface area (Å²) < 4.78 is 18.9. The molecule has 1 aliphatic heterocycles. The Balaban J connectivity index is 1.52. The smallest absolute Gasteiger partial charge is 0.191 e. The van der Waals surface area contributed by atoms with Crippen molar-refractivity contribution in [1.29, 1.82) is 0 Å². The van der Waals surface area contributed by atoms with Crippen LogP contribution in [0.15, 0.2) is 47.5 Å². The lowest BCUT2D eigenvalue weighted by atomic mass is 10.1. The van der Waals surface area contributed by atoms with Gasteiger partial charge < -0.3 is 20.3 Å². The number of ether oxygens (including phenoxy) is 1. The van der Waals surface area contributed by atoms with Crippen LogP contribution in [0.4, 0.5) is 10.1 Å². The van der Waals surface area contributed by atoms with E-state index in [9.17, 15) is 4.39 Å². The fourth-order valence-electron chi connectivity index (χ4n) is 3.29. The standard InChI is InChI=1S/C22H29FN4OS/c1-24-22(26-15-18-5-6-20(23)13-19(18)16-29-2)25-14-17-3-7-21(8-4-17)27-9-11-28-12-10-27/h3-8,13H,9-12,14-16H2,1-2H3,(H2,24,25,26). The van der Waals surface area contributed by atoms with Gasteiger partial charge in [0.25, 0.3) is 0 Å². The summed E-state index contributed by atoms with van der Waals surface area (Å²) in [6.45, 7) is 4.75. The highest BCUT2D eigenvalue weighted by atomic mass is 32.2. The van der Waals surface area contributed by atoms with Gasteiger partial charge in [0.05, 0.1) is 13.2 Å². The zero-order valence-corrected chi connectivity index (χ0v) is 17.9. The van der Waals surface area contributed by atoms with E-state index in [2.05, 4.69) is 44.8 Å². The maximum Gasteiger partial charge on any atom is 0.191 e. The second kappa shape index (κ2) is 11.1. The Kier molecular flexibility index (Phi) is 8.19. The number of thioether (sulfide) groups is 1. The number of hydrogen-bond donors (Lipinski definition) is 2. The van der Waals surface area contributed by atoms with Gasteiger partial charge >= 0.3 is 0 Å². The van der Waals surface area contributed by atoms with Crippen molar-refractivity contribution in [2.75, 3.05) is 44.5 Å². The van der Waals surface area contributed by atoms with Crippen LogP contribution in [0.25, 0.3) is 0 Å². The third-order valence-corrected chi connectivity index (χ3v) is 5.51. The van der Waals surface area contributed by atoms with E-state index in [1.54, 1.807) is 24.9 Å². The molecule has 2 aromatic carbocycles. The van der Waals surface area contributed by atoms with Gasteiger partial charge in [-0.3, -0.25) is 4.99 Å². The van der Waals surface area contributed by atoms with E-state index in [1.165, 1.54) is 17.3 Å². The number of nitrogens with zero attached hydrogens (tertiary/aromatic N) is 2. The molecule has 2 aromatic rings. The van der Waals surface area contributed by atoms with E-state index in [1.807, 2.05) is 12.3 Å². The highest BCUT2D eigenvalue weighted by Gasteiger charge is 2.11. The van der Waals surface area contributed by atoms with Crippen molar-refractivity contribution >= 4 is 23.4 Å². The summed E-state index contributed by atoms with van der Waals surface area (Å²) in [4.78, 5) is 6.64. The molecule has 5 nitrogen and oxygen atoms in total. The summed E-state index contributed by atoms with van der Waals surface area (Å²) in [6, 6.07) is 13.6. The van der Waals surface area contributed by atoms with Crippen molar-refractivity contribution in [2.24, 2.45) is 4.99 Å². The van der Waals surface area contributed by atoms with Gasteiger partial charge in [0.1, 0.15) is 5.82 Å². The lowest BCUT2D eigenvalue weighted by molar-refractivity contribution is 0.122. The summed E-state index contributed by atoms with van der Waals surface area (Å²) >= 11 is 1.69. The maximum absolute atomic E-state index is 13.5. The van der Waals surface area contributed by atoms with Gasteiger partial charge in [0, 0.05) is 44.7 Å². The Hall–Kier alpha value is -2.25. The molecule has 0 aliphatic carbocycles. The largest absolute Gasteiger partial charge is 0.378 e. The second-order valence-corrected chi connectivity index (χ2v) is 7.76. The number of rotatable bonds is 7. The molecule has 29 heavy (non-hydrogen) atoms. The molecule has 3 rings (SSSR count). The van der Waals surface area contributed by atoms with Crippen LogP contribution in [-0.4, -0.2) is 45.6 Å². The van der Waals surface area contributed by atoms with E-state index in [-0.39, 0.29) is 5.82 Å². The average molecular weight is 417 g/mol. The first-order valence-corrected chi connectivity index (χ1v) is 11.2. The van der Waals surface area contributed by atoms with Crippen LogP contribution in [0, 0.1) is 5.82 Å². The van der Waals surface area contributed by atoms with Gasteiger partial charge in [-0.05, 0) is 47.2 Å². The SMILES string of the molecule is CN=C(NCc1ccc(N2CCOCC2)cc1)NCc1ccc(F)cc1CSC. The van der Waals surface area contributed by atoms with Crippen molar-refractivity contribution in [3.8, 4) is 0 Å². The minimum Gasteiger partial charge on any atom is -0.378 e. The van der Waals surface area contributed by atoms with E-state index in [0.717, 1.165) is 49.1 Å². The third-order valence-electron chi connectivity index (χ3n) is 4.91. The van der Waals surface area contributed by atoms with Crippen LogP contribution in [-0.2, 0) is 23.6 Å². The number of aliphatic imine (C=N–C) groups is 1. The molecular formula is C22H29FN4OS. The minimum atomic E-state index is -0.194. The van der Waals surface area contributed by atoms with E-state index >= 15 is 0 Å². The number of anilines is 1. The van der Waals surface area contributed by atoms with Crippen LogP contribution in [0.3, 0.4) is 0 Å². The molecule has 0 unspecified atom stereocenters. The van der Waals surface area contributed by atoms with E-state index in [4.69, 9.17) is 4.74 Å². The summed E-state index contributed by atoms with van der Waals surface area (Å²) in [6.07, 6.45) is 2.02. The summed E-state index contributed by atoms with van der Waals surface area (Å²) in [7, 11) is 1.75. The minimum absolute atomic E-state index is 0.194. The molecule has 2 N–H and O–H groups in total. The van der Waals surface area contributed by atoms with Gasteiger partial charge in [0.2, 0.25) is 0 Å². The van der Waals surface area contributed by atoms with E-state index < -0.39 is 0 Å². The van der Waals surface area contributed by atoms with Gasteiger partial charge in [0.15, 0.2) is 5.96 Å². The Morgan fingerprint density at radius 2 is 1.79 bits per heavy atom. The third kappa shape index (κ3) is 6.37. The maximum atomic E-state index is 13.5. The first kappa shape index (κ1) is 21.5. The Labute approximate surface area is 176 Å². The molecule has 0 aromatic heterocycles. The quantitative estimate of drug-likeness (QED) is 0.535. The molecule has 156 valence electrons. The normalized spacial score (nSPS) is 14.7. The number of benzene rings is 2.